The van der Waals surface area contributed by atoms with Crippen LogP contribution in [0, 0.1) is 5.92 Å². The van der Waals surface area contributed by atoms with E-state index in [0.29, 0.717) is 47.5 Å². The lowest BCUT2D eigenvalue weighted by Crippen LogP contribution is -2.49. The van der Waals surface area contributed by atoms with Crippen LogP contribution in [0.1, 0.15) is 45.2 Å². The third-order valence-corrected chi connectivity index (χ3v) is 7.36. The van der Waals surface area contributed by atoms with Gasteiger partial charge in [0.25, 0.3) is 11.8 Å². The minimum atomic E-state index is -0.909. The molecule has 8 nitrogen and oxygen atoms in total. The Morgan fingerprint density at radius 2 is 1.62 bits per heavy atom. The number of halogens is 2. The van der Waals surface area contributed by atoms with Crippen LogP contribution >= 0.6 is 23.2 Å². The number of hydrazone groups is 1. The first-order valence-corrected chi connectivity index (χ1v) is 15.5. The largest absolute Gasteiger partial charge is 0.490 e. The van der Waals surface area contributed by atoms with Gasteiger partial charge in [0.05, 0.1) is 17.8 Å². The molecule has 10 heteroatoms. The number of nitrogens with zero attached hydrogens (tertiary/aromatic N) is 1. The molecule has 0 unspecified atom stereocenters. The normalized spacial score (nSPS) is 12.6. The lowest BCUT2D eigenvalue weighted by Gasteiger charge is -2.22. The van der Waals surface area contributed by atoms with E-state index in [4.69, 9.17) is 37.4 Å². The molecule has 2 N–H and O–H groups in total. The molecule has 0 spiro atoms. The highest BCUT2D eigenvalue weighted by molar-refractivity contribution is 6.35. The fraction of sp³-hybridized carbons (Fsp3) is 0.286. The Kier molecular flexibility index (Phi) is 12.1. The van der Waals surface area contributed by atoms with E-state index in [2.05, 4.69) is 34.0 Å². The smallest absolute Gasteiger partial charge is 0.262 e. The summed E-state index contributed by atoms with van der Waals surface area (Å²) in [5.74, 6) is 0.683. The number of hydrogen-bond donors (Lipinski definition) is 2. The number of carbonyl (C=O) groups is 2. The summed E-state index contributed by atoms with van der Waals surface area (Å²) in [5.41, 5.74) is 4.31. The van der Waals surface area contributed by atoms with E-state index in [1.165, 1.54) is 12.3 Å². The van der Waals surface area contributed by atoms with Crippen LogP contribution in [0.3, 0.4) is 0 Å². The molecule has 0 radical (unpaired) electrons. The van der Waals surface area contributed by atoms with Gasteiger partial charge in [-0.1, -0.05) is 79.5 Å². The van der Waals surface area contributed by atoms with Crippen LogP contribution in [-0.4, -0.2) is 36.8 Å². The average Bonchev–Trinajstić information content (AvgIpc) is 3.01. The zero-order valence-corrected chi connectivity index (χ0v) is 27.2. The first kappa shape index (κ1) is 33.6. The molecule has 0 heterocycles. The summed E-state index contributed by atoms with van der Waals surface area (Å²) in [7, 11) is 0. The number of ether oxygens (including phenoxy) is 3. The van der Waals surface area contributed by atoms with E-state index >= 15 is 0 Å². The van der Waals surface area contributed by atoms with E-state index in [0.717, 1.165) is 16.3 Å². The van der Waals surface area contributed by atoms with Crippen molar-refractivity contribution in [2.45, 2.75) is 52.9 Å². The number of rotatable bonds is 14. The van der Waals surface area contributed by atoms with Crippen LogP contribution in [0.5, 0.6) is 17.2 Å². The Morgan fingerprint density at radius 3 is 2.38 bits per heavy atom. The van der Waals surface area contributed by atoms with Gasteiger partial charge >= 0.3 is 0 Å². The van der Waals surface area contributed by atoms with Crippen molar-refractivity contribution >= 4 is 52.0 Å². The Bertz CT molecular complexity index is 1650. The van der Waals surface area contributed by atoms with Crippen LogP contribution in [0.15, 0.2) is 84.0 Å². The molecule has 4 aromatic rings. The topological polar surface area (TPSA) is 98.2 Å². The lowest BCUT2D eigenvalue weighted by atomic mass is 10.0. The van der Waals surface area contributed by atoms with Crippen molar-refractivity contribution in [3.05, 3.63) is 100 Å². The average molecular weight is 651 g/mol. The number of amides is 2. The maximum atomic E-state index is 13.1. The van der Waals surface area contributed by atoms with Crippen molar-refractivity contribution in [1.29, 1.82) is 0 Å². The summed E-state index contributed by atoms with van der Waals surface area (Å²) in [6.07, 6.45) is 1.00. The summed E-state index contributed by atoms with van der Waals surface area (Å²) >= 11 is 12.1. The summed E-state index contributed by atoms with van der Waals surface area (Å²) < 4.78 is 17.7. The van der Waals surface area contributed by atoms with Crippen LogP contribution in [0.2, 0.25) is 10.0 Å². The zero-order chi connectivity index (χ0) is 32.3. The molecular formula is C35H37Cl2N3O5. The second-order valence-electron chi connectivity index (χ2n) is 10.8. The molecule has 2 atom stereocenters. The molecule has 4 rings (SSSR count). The molecule has 45 heavy (non-hydrogen) atoms. The quantitative estimate of drug-likeness (QED) is 0.108. The van der Waals surface area contributed by atoms with Gasteiger partial charge in [-0.3, -0.25) is 9.59 Å². The van der Waals surface area contributed by atoms with Gasteiger partial charge in [-0.2, -0.15) is 5.10 Å². The molecule has 0 saturated heterocycles. The summed E-state index contributed by atoms with van der Waals surface area (Å²) in [5, 5.41) is 9.92. The van der Waals surface area contributed by atoms with Crippen molar-refractivity contribution in [3.8, 4) is 17.2 Å². The van der Waals surface area contributed by atoms with E-state index in [9.17, 15) is 9.59 Å². The van der Waals surface area contributed by atoms with Crippen LogP contribution in [-0.2, 0) is 16.2 Å². The highest BCUT2D eigenvalue weighted by Crippen LogP contribution is 2.30. The van der Waals surface area contributed by atoms with Crippen LogP contribution in [0.25, 0.3) is 10.8 Å². The SMILES string of the molecule is CCOc1cc(/C=N\NC(=O)[C@@H](CC(C)C)NC(=O)[C@@H](C)Oc2ccc(Cl)cc2Cl)ccc1OCc1cccc2ccccc12. The minimum Gasteiger partial charge on any atom is -0.490 e. The number of carbonyl (C=O) groups excluding carboxylic acids is 2. The van der Waals surface area contributed by atoms with E-state index < -0.39 is 24.0 Å². The molecule has 4 aromatic carbocycles. The predicted octanol–water partition coefficient (Wildman–Crippen LogP) is 7.57. The molecule has 2 amide bonds. The maximum absolute atomic E-state index is 13.1. The molecule has 0 fully saturated rings. The molecule has 0 aliphatic carbocycles. The van der Waals surface area contributed by atoms with Gasteiger partial charge < -0.3 is 19.5 Å². The van der Waals surface area contributed by atoms with Gasteiger partial charge in [0.2, 0.25) is 0 Å². The predicted molar refractivity (Wildman–Crippen MR) is 180 cm³/mol. The maximum Gasteiger partial charge on any atom is 0.262 e. The summed E-state index contributed by atoms with van der Waals surface area (Å²) in [6, 6.07) is 23.6. The summed E-state index contributed by atoms with van der Waals surface area (Å²) in [6.45, 7) is 8.22. The molecular weight excluding hydrogens is 613 g/mol. The van der Waals surface area contributed by atoms with Crippen molar-refractivity contribution in [2.75, 3.05) is 6.61 Å². The molecule has 0 bridgehead atoms. The fourth-order valence-electron chi connectivity index (χ4n) is 4.62. The first-order chi connectivity index (χ1) is 21.6. The van der Waals surface area contributed by atoms with Gasteiger partial charge in [-0.25, -0.2) is 5.43 Å². The van der Waals surface area contributed by atoms with Gasteiger partial charge in [-0.15, -0.1) is 0 Å². The van der Waals surface area contributed by atoms with Crippen molar-refractivity contribution in [2.24, 2.45) is 11.0 Å². The number of fused-ring (bicyclic) bond motifs is 1. The fourth-order valence-corrected chi connectivity index (χ4v) is 5.07. The first-order valence-electron chi connectivity index (χ1n) is 14.8. The van der Waals surface area contributed by atoms with E-state index in [1.807, 2.05) is 57.2 Å². The van der Waals surface area contributed by atoms with Crippen LogP contribution in [0.4, 0.5) is 0 Å². The molecule has 0 aliphatic rings. The third-order valence-electron chi connectivity index (χ3n) is 6.83. The van der Waals surface area contributed by atoms with Crippen molar-refractivity contribution in [1.82, 2.24) is 10.7 Å². The van der Waals surface area contributed by atoms with E-state index in [-0.39, 0.29) is 10.9 Å². The lowest BCUT2D eigenvalue weighted by molar-refractivity contribution is -0.132. The summed E-state index contributed by atoms with van der Waals surface area (Å²) in [4.78, 5) is 26.0. The van der Waals surface area contributed by atoms with Crippen molar-refractivity contribution in [3.63, 3.8) is 0 Å². The molecule has 0 saturated carbocycles. The van der Waals surface area contributed by atoms with E-state index in [1.54, 1.807) is 25.1 Å². The Hall–Kier alpha value is -4.27. The number of hydrogen-bond acceptors (Lipinski definition) is 6. The van der Waals surface area contributed by atoms with Crippen molar-refractivity contribution < 1.29 is 23.8 Å². The molecule has 0 aliphatic heterocycles. The Morgan fingerprint density at radius 1 is 0.867 bits per heavy atom. The van der Waals surface area contributed by atoms with Crippen LogP contribution < -0.4 is 25.0 Å². The molecule has 236 valence electrons. The minimum absolute atomic E-state index is 0.127. The van der Waals surface area contributed by atoms with Gasteiger partial charge in [0.1, 0.15) is 18.4 Å². The highest BCUT2D eigenvalue weighted by Gasteiger charge is 2.25. The Labute approximate surface area is 273 Å². The Balaban J connectivity index is 1.38. The third kappa shape index (κ3) is 9.61. The van der Waals surface area contributed by atoms with Gasteiger partial charge in [0, 0.05) is 5.02 Å². The standard InChI is InChI=1S/C35H37Cl2N3O5/c1-5-43-33-18-24(13-15-32(33)44-21-26-11-8-10-25-9-6-7-12-28(25)26)20-38-40-35(42)30(17-22(2)3)39-34(41)23(4)45-31-16-14-27(36)19-29(31)37/h6-16,18-20,22-23,30H,5,17,21H2,1-4H3,(H,39,41)(H,40,42)/b38-20-/t23-,30-/m1/s1. The number of benzene rings is 4. The van der Waals surface area contributed by atoms with Gasteiger partial charge in [-0.05, 0) is 84.5 Å². The number of nitrogens with one attached hydrogen (secondary N) is 2. The highest BCUT2D eigenvalue weighted by atomic mass is 35.5. The second-order valence-corrected chi connectivity index (χ2v) is 11.7. The van der Waals surface area contributed by atoms with Gasteiger partial charge in [0.15, 0.2) is 17.6 Å². The zero-order valence-electron chi connectivity index (χ0n) is 25.7. The molecule has 0 aromatic heterocycles. The monoisotopic (exact) mass is 649 g/mol. The second kappa shape index (κ2) is 16.2.